The van der Waals surface area contributed by atoms with Crippen LogP contribution in [0.15, 0.2) is 11.5 Å². The maximum Gasteiger partial charge on any atom is 0.221 e. The van der Waals surface area contributed by atoms with E-state index in [4.69, 9.17) is 0 Å². The molecule has 1 fully saturated rings. The van der Waals surface area contributed by atoms with E-state index in [1.165, 1.54) is 38.5 Å². The van der Waals surface area contributed by atoms with Gasteiger partial charge >= 0.3 is 0 Å². The molecular weight excluding hydrogens is 222 g/mol. The highest BCUT2D eigenvalue weighted by Crippen LogP contribution is 2.24. The van der Waals surface area contributed by atoms with Gasteiger partial charge in [0, 0.05) is 12.8 Å². The molecule has 0 N–H and O–H groups in total. The van der Waals surface area contributed by atoms with Gasteiger partial charge in [-0.2, -0.15) is 0 Å². The molecule has 0 radical (unpaired) electrons. The maximum absolute atomic E-state index is 11.4. The lowest BCUT2D eigenvalue weighted by Gasteiger charge is -2.14. The maximum atomic E-state index is 11.4. The van der Waals surface area contributed by atoms with Crippen molar-refractivity contribution in [3.8, 4) is 0 Å². The number of aromatic nitrogens is 3. The fourth-order valence-electron chi connectivity index (χ4n) is 2.42. The molecule has 0 bridgehead atoms. The van der Waals surface area contributed by atoms with E-state index in [1.807, 2.05) is 4.57 Å². The summed E-state index contributed by atoms with van der Waals surface area (Å²) in [5.74, 6) is 0.709. The molecule has 1 saturated carbocycles. The monoisotopic (exact) mass is 241 g/mol. The topological polar surface area (TPSA) is 47.8 Å². The molecule has 90 valence electrons. The van der Waals surface area contributed by atoms with Crippen molar-refractivity contribution in [1.82, 2.24) is 14.8 Å². The van der Waals surface area contributed by atoms with E-state index in [2.05, 4.69) is 10.2 Å². The van der Waals surface area contributed by atoms with Gasteiger partial charge in [-0.25, -0.2) is 0 Å². The van der Waals surface area contributed by atoms with E-state index in [0.29, 0.717) is 11.1 Å². The van der Waals surface area contributed by atoms with Crippen molar-refractivity contribution in [3.63, 3.8) is 0 Å². The van der Waals surface area contributed by atoms with Crippen LogP contribution >= 0.6 is 0 Å². The average Bonchev–Trinajstić information content (AvgIpc) is 2.55. The van der Waals surface area contributed by atoms with Crippen molar-refractivity contribution < 1.29 is 4.21 Å². The highest BCUT2D eigenvalue weighted by molar-refractivity contribution is 7.84. The molecule has 0 spiro atoms. The Hall–Kier alpha value is -0.710. The zero-order valence-corrected chi connectivity index (χ0v) is 10.6. The number of hydrogen-bond acceptors (Lipinski definition) is 3. The van der Waals surface area contributed by atoms with Crippen LogP contribution in [-0.4, -0.2) is 25.2 Å². The predicted molar refractivity (Wildman–Crippen MR) is 63.5 cm³/mol. The largest absolute Gasteiger partial charge is 0.306 e. The fraction of sp³-hybridized carbons (Fsp3) is 0.818. The normalized spacial score (nSPS) is 20.6. The third kappa shape index (κ3) is 2.90. The van der Waals surface area contributed by atoms with E-state index in [9.17, 15) is 4.21 Å². The summed E-state index contributed by atoms with van der Waals surface area (Å²) in [4.78, 5) is 0. The van der Waals surface area contributed by atoms with Crippen molar-refractivity contribution in [1.29, 1.82) is 0 Å². The molecule has 1 aromatic heterocycles. The van der Waals surface area contributed by atoms with Gasteiger partial charge in [-0.15, -0.1) is 10.2 Å². The third-order valence-corrected chi connectivity index (χ3v) is 4.10. The molecule has 4 nitrogen and oxygen atoms in total. The van der Waals surface area contributed by atoms with E-state index in [0.717, 1.165) is 6.54 Å². The summed E-state index contributed by atoms with van der Waals surface area (Å²) in [5, 5.41) is 8.38. The lowest BCUT2D eigenvalue weighted by molar-refractivity contribution is 0.381. The first kappa shape index (κ1) is 11.8. The molecule has 0 aliphatic heterocycles. The highest BCUT2D eigenvalue weighted by atomic mass is 32.2. The molecular formula is C11H19N3OS. The minimum Gasteiger partial charge on any atom is -0.306 e. The van der Waals surface area contributed by atoms with Crippen LogP contribution in [-0.2, 0) is 17.3 Å². The first-order chi connectivity index (χ1) is 7.77. The average molecular weight is 241 g/mol. The van der Waals surface area contributed by atoms with Gasteiger partial charge in [-0.3, -0.25) is 4.21 Å². The Balaban J connectivity index is 2.01. The van der Waals surface area contributed by atoms with E-state index in [-0.39, 0.29) is 0 Å². The van der Waals surface area contributed by atoms with E-state index < -0.39 is 10.8 Å². The molecule has 1 aliphatic rings. The molecule has 0 aromatic carbocycles. The fourth-order valence-corrected chi connectivity index (χ4v) is 3.03. The summed E-state index contributed by atoms with van der Waals surface area (Å²) in [6.07, 6.45) is 11.3. The molecule has 0 amide bonds. The minimum absolute atomic E-state index is 0.615. The smallest absolute Gasteiger partial charge is 0.221 e. The standard InChI is InChI=1S/C11H19N3OS/c1-16(15)11-13-12-9-14(11)8-10-6-4-2-3-5-7-10/h9-10H,2-8H2,1H3/t16-/m1/s1. The Morgan fingerprint density at radius 1 is 1.38 bits per heavy atom. The second-order valence-electron chi connectivity index (χ2n) is 4.58. The number of hydrogen-bond donors (Lipinski definition) is 0. The zero-order valence-electron chi connectivity index (χ0n) is 9.76. The van der Waals surface area contributed by atoms with Gasteiger partial charge in [0.05, 0.1) is 10.8 Å². The summed E-state index contributed by atoms with van der Waals surface area (Å²) >= 11 is 0. The Morgan fingerprint density at radius 3 is 2.69 bits per heavy atom. The molecule has 2 rings (SSSR count). The van der Waals surface area contributed by atoms with Crippen LogP contribution in [0.1, 0.15) is 38.5 Å². The Labute approximate surface area is 98.9 Å². The van der Waals surface area contributed by atoms with Gasteiger partial charge in [0.2, 0.25) is 5.16 Å². The number of nitrogens with zero attached hydrogens (tertiary/aromatic N) is 3. The van der Waals surface area contributed by atoms with Crippen molar-refractivity contribution in [3.05, 3.63) is 6.33 Å². The summed E-state index contributed by atoms with van der Waals surface area (Å²) in [7, 11) is -1.03. The molecule has 0 unspecified atom stereocenters. The van der Waals surface area contributed by atoms with Crippen molar-refractivity contribution in [2.24, 2.45) is 5.92 Å². The Morgan fingerprint density at radius 2 is 2.06 bits per heavy atom. The second kappa shape index (κ2) is 5.57. The summed E-state index contributed by atoms with van der Waals surface area (Å²) < 4.78 is 13.4. The highest BCUT2D eigenvalue weighted by Gasteiger charge is 2.16. The van der Waals surface area contributed by atoms with Crippen LogP contribution in [0, 0.1) is 5.92 Å². The first-order valence-electron chi connectivity index (χ1n) is 5.98. The van der Waals surface area contributed by atoms with Crippen LogP contribution in [0.5, 0.6) is 0 Å². The molecule has 1 aromatic rings. The van der Waals surface area contributed by atoms with Crippen LogP contribution in [0.25, 0.3) is 0 Å². The van der Waals surface area contributed by atoms with Crippen LogP contribution in [0.4, 0.5) is 0 Å². The molecule has 16 heavy (non-hydrogen) atoms. The van der Waals surface area contributed by atoms with Gasteiger partial charge < -0.3 is 4.57 Å². The summed E-state index contributed by atoms with van der Waals surface area (Å²) in [6, 6.07) is 0. The van der Waals surface area contributed by atoms with Crippen LogP contribution in [0.2, 0.25) is 0 Å². The Bertz CT molecular complexity index is 356. The first-order valence-corrected chi connectivity index (χ1v) is 7.54. The summed E-state index contributed by atoms with van der Waals surface area (Å²) in [5.41, 5.74) is 0. The Kier molecular flexibility index (Phi) is 4.09. The van der Waals surface area contributed by atoms with Gasteiger partial charge in [0.25, 0.3) is 0 Å². The lowest BCUT2D eigenvalue weighted by Crippen LogP contribution is -2.12. The SMILES string of the molecule is C[S@@](=O)c1nncn1CC1CCCCCC1. The molecule has 1 aliphatic carbocycles. The third-order valence-electron chi connectivity index (χ3n) is 3.27. The van der Waals surface area contributed by atoms with Crippen molar-refractivity contribution in [2.75, 3.05) is 6.26 Å². The van der Waals surface area contributed by atoms with Crippen LogP contribution in [0.3, 0.4) is 0 Å². The molecule has 1 heterocycles. The quantitative estimate of drug-likeness (QED) is 0.760. The van der Waals surface area contributed by atoms with Gasteiger partial charge in [-0.05, 0) is 18.8 Å². The molecule has 1 atom stereocenters. The van der Waals surface area contributed by atoms with Crippen LogP contribution < -0.4 is 0 Å². The number of rotatable bonds is 3. The minimum atomic E-state index is -1.03. The van der Waals surface area contributed by atoms with Gasteiger partial charge in [-0.1, -0.05) is 25.7 Å². The summed E-state index contributed by atoms with van der Waals surface area (Å²) in [6.45, 7) is 0.932. The lowest BCUT2D eigenvalue weighted by atomic mass is 10.0. The molecule has 5 heteroatoms. The predicted octanol–water partition coefficient (Wildman–Crippen LogP) is 1.99. The second-order valence-corrected chi connectivity index (χ2v) is 5.85. The zero-order chi connectivity index (χ0) is 11.4. The van der Waals surface area contributed by atoms with Gasteiger partial charge in [0.15, 0.2) is 0 Å². The van der Waals surface area contributed by atoms with E-state index in [1.54, 1.807) is 12.6 Å². The van der Waals surface area contributed by atoms with Crippen molar-refractivity contribution >= 4 is 10.8 Å². The van der Waals surface area contributed by atoms with Gasteiger partial charge in [0.1, 0.15) is 6.33 Å². The van der Waals surface area contributed by atoms with E-state index >= 15 is 0 Å². The molecule has 0 saturated heterocycles. The van der Waals surface area contributed by atoms with Crippen molar-refractivity contribution in [2.45, 2.75) is 50.2 Å².